The normalized spacial score (nSPS) is 22.7. The molecule has 0 bridgehead atoms. The SMILES string of the molecule is CN=C(NCc1ccc(OC2CCCCC2)cc1)N1CCS(=O)(=O)C(C)(C)C1. The summed E-state index contributed by atoms with van der Waals surface area (Å²) < 4.78 is 29.8. The highest BCUT2D eigenvalue weighted by atomic mass is 32.2. The molecule has 0 radical (unpaired) electrons. The zero-order valence-corrected chi connectivity index (χ0v) is 18.1. The minimum Gasteiger partial charge on any atom is -0.490 e. The molecule has 1 N–H and O–H groups in total. The van der Waals surface area contributed by atoms with Gasteiger partial charge in [0.25, 0.3) is 0 Å². The van der Waals surface area contributed by atoms with Crippen LogP contribution in [0.3, 0.4) is 0 Å². The van der Waals surface area contributed by atoms with E-state index >= 15 is 0 Å². The Hall–Kier alpha value is -1.76. The van der Waals surface area contributed by atoms with Gasteiger partial charge in [-0.1, -0.05) is 18.6 Å². The number of ether oxygens (including phenoxy) is 1. The summed E-state index contributed by atoms with van der Waals surface area (Å²) in [5.41, 5.74) is 1.14. The van der Waals surface area contributed by atoms with E-state index in [0.717, 1.165) is 30.1 Å². The molecule has 2 aliphatic rings. The van der Waals surface area contributed by atoms with Gasteiger partial charge in [0.15, 0.2) is 15.8 Å². The summed E-state index contributed by atoms with van der Waals surface area (Å²) >= 11 is 0. The van der Waals surface area contributed by atoms with Gasteiger partial charge in [0.1, 0.15) is 5.75 Å². The molecule has 28 heavy (non-hydrogen) atoms. The highest BCUT2D eigenvalue weighted by molar-refractivity contribution is 7.92. The van der Waals surface area contributed by atoms with Crippen LogP contribution in [-0.2, 0) is 16.4 Å². The standard InChI is InChI=1S/C21H33N3O3S/c1-21(2)16-24(13-14-28(21,25)26)20(22-3)23-15-17-9-11-19(12-10-17)27-18-7-5-4-6-8-18/h9-12,18H,4-8,13-16H2,1-3H3,(H,22,23). The molecule has 1 aliphatic heterocycles. The van der Waals surface area contributed by atoms with Gasteiger partial charge >= 0.3 is 0 Å². The third kappa shape index (κ3) is 4.99. The average molecular weight is 408 g/mol. The molecule has 1 saturated carbocycles. The maximum atomic E-state index is 12.2. The fraction of sp³-hybridized carbons (Fsp3) is 0.667. The molecule has 0 aromatic heterocycles. The summed E-state index contributed by atoms with van der Waals surface area (Å²) in [6, 6.07) is 8.21. The molecular weight excluding hydrogens is 374 g/mol. The minimum absolute atomic E-state index is 0.161. The topological polar surface area (TPSA) is 71.0 Å². The molecule has 7 heteroatoms. The number of guanidine groups is 1. The van der Waals surface area contributed by atoms with E-state index in [-0.39, 0.29) is 5.75 Å². The molecule has 156 valence electrons. The highest BCUT2D eigenvalue weighted by Crippen LogP contribution is 2.25. The van der Waals surface area contributed by atoms with E-state index in [1.54, 1.807) is 20.9 Å². The van der Waals surface area contributed by atoms with Crippen molar-refractivity contribution in [1.82, 2.24) is 10.2 Å². The van der Waals surface area contributed by atoms with Gasteiger partial charge in [-0.05, 0) is 57.2 Å². The Labute approximate surface area is 169 Å². The number of rotatable bonds is 4. The zero-order valence-electron chi connectivity index (χ0n) is 17.3. The van der Waals surface area contributed by atoms with Crippen molar-refractivity contribution in [2.75, 3.05) is 25.9 Å². The summed E-state index contributed by atoms with van der Waals surface area (Å²) in [7, 11) is -1.32. The first kappa shape index (κ1) is 21.0. The Morgan fingerprint density at radius 3 is 2.50 bits per heavy atom. The summed E-state index contributed by atoms with van der Waals surface area (Å²) in [6.07, 6.45) is 6.52. The van der Waals surface area contributed by atoms with E-state index in [1.165, 1.54) is 19.3 Å². The fourth-order valence-corrected chi connectivity index (χ4v) is 5.27. The lowest BCUT2D eigenvalue weighted by molar-refractivity contribution is 0.155. The highest BCUT2D eigenvalue weighted by Gasteiger charge is 2.40. The van der Waals surface area contributed by atoms with E-state index in [9.17, 15) is 8.42 Å². The second-order valence-corrected chi connectivity index (χ2v) is 11.2. The minimum atomic E-state index is -3.06. The zero-order chi connectivity index (χ0) is 20.2. The van der Waals surface area contributed by atoms with Crippen LogP contribution in [-0.4, -0.2) is 56.0 Å². The molecule has 1 saturated heterocycles. The van der Waals surface area contributed by atoms with Crippen LogP contribution in [0.25, 0.3) is 0 Å². The third-order valence-corrected chi connectivity index (χ3v) is 8.32. The van der Waals surface area contributed by atoms with E-state index in [2.05, 4.69) is 22.4 Å². The number of hydrogen-bond donors (Lipinski definition) is 1. The monoisotopic (exact) mass is 407 g/mol. The first-order valence-corrected chi connectivity index (χ1v) is 11.9. The first-order valence-electron chi connectivity index (χ1n) is 10.2. The molecule has 0 atom stereocenters. The largest absolute Gasteiger partial charge is 0.490 e. The third-order valence-electron chi connectivity index (χ3n) is 5.78. The molecule has 3 rings (SSSR count). The van der Waals surface area contributed by atoms with Gasteiger partial charge in [-0.25, -0.2) is 8.42 Å². The lowest BCUT2D eigenvalue weighted by Crippen LogP contribution is -2.57. The Morgan fingerprint density at radius 2 is 1.89 bits per heavy atom. The van der Waals surface area contributed by atoms with Gasteiger partial charge in [0.05, 0.1) is 16.6 Å². The van der Waals surface area contributed by atoms with Crippen LogP contribution < -0.4 is 10.1 Å². The second kappa shape index (κ2) is 8.72. The maximum absolute atomic E-state index is 12.2. The van der Waals surface area contributed by atoms with Gasteiger partial charge in [-0.2, -0.15) is 0 Å². The van der Waals surface area contributed by atoms with Gasteiger partial charge in [0.2, 0.25) is 0 Å². The molecular formula is C21H33N3O3S. The predicted octanol–water partition coefficient (Wildman–Crippen LogP) is 2.98. The van der Waals surface area contributed by atoms with Crippen LogP contribution in [0.1, 0.15) is 51.5 Å². The van der Waals surface area contributed by atoms with Crippen LogP contribution in [0.15, 0.2) is 29.3 Å². The van der Waals surface area contributed by atoms with Crippen molar-refractivity contribution in [3.05, 3.63) is 29.8 Å². The van der Waals surface area contributed by atoms with E-state index in [0.29, 0.717) is 25.7 Å². The van der Waals surface area contributed by atoms with Crippen molar-refractivity contribution in [1.29, 1.82) is 0 Å². The van der Waals surface area contributed by atoms with E-state index in [4.69, 9.17) is 4.74 Å². The lowest BCUT2D eigenvalue weighted by atomic mass is 9.98. The predicted molar refractivity (Wildman–Crippen MR) is 114 cm³/mol. The molecule has 1 heterocycles. The molecule has 2 fully saturated rings. The first-order chi connectivity index (χ1) is 13.3. The number of nitrogens with one attached hydrogen (secondary N) is 1. The average Bonchev–Trinajstić information content (AvgIpc) is 2.67. The van der Waals surface area contributed by atoms with Crippen molar-refractivity contribution >= 4 is 15.8 Å². The second-order valence-electron chi connectivity index (χ2n) is 8.42. The van der Waals surface area contributed by atoms with Crippen molar-refractivity contribution in [3.63, 3.8) is 0 Å². The number of aliphatic imine (C=N–C) groups is 1. The van der Waals surface area contributed by atoms with Crippen LogP contribution >= 0.6 is 0 Å². The Bertz CT molecular complexity index is 782. The van der Waals surface area contributed by atoms with Crippen molar-refractivity contribution < 1.29 is 13.2 Å². The van der Waals surface area contributed by atoms with Gasteiger partial charge < -0.3 is 15.0 Å². The van der Waals surface area contributed by atoms with E-state index in [1.807, 2.05) is 17.0 Å². The summed E-state index contributed by atoms with van der Waals surface area (Å²) in [5, 5.41) is 3.36. The molecule has 1 aromatic rings. The van der Waals surface area contributed by atoms with Crippen molar-refractivity contribution in [3.8, 4) is 5.75 Å². The number of sulfone groups is 1. The smallest absolute Gasteiger partial charge is 0.193 e. The van der Waals surface area contributed by atoms with Crippen LogP contribution in [0.2, 0.25) is 0 Å². The lowest BCUT2D eigenvalue weighted by Gasteiger charge is -2.39. The van der Waals surface area contributed by atoms with Crippen LogP contribution in [0.4, 0.5) is 0 Å². The van der Waals surface area contributed by atoms with Crippen molar-refractivity contribution in [2.24, 2.45) is 4.99 Å². The molecule has 0 spiro atoms. The summed E-state index contributed by atoms with van der Waals surface area (Å²) in [4.78, 5) is 6.38. The summed E-state index contributed by atoms with van der Waals surface area (Å²) in [5.74, 6) is 1.84. The van der Waals surface area contributed by atoms with E-state index < -0.39 is 14.6 Å². The molecule has 1 aliphatic carbocycles. The number of benzene rings is 1. The fourth-order valence-electron chi connectivity index (χ4n) is 3.90. The number of hydrogen-bond acceptors (Lipinski definition) is 4. The molecule has 1 aromatic carbocycles. The van der Waals surface area contributed by atoms with Crippen molar-refractivity contribution in [2.45, 2.75) is 63.3 Å². The molecule has 0 amide bonds. The van der Waals surface area contributed by atoms with Crippen LogP contribution in [0.5, 0.6) is 5.75 Å². The quantitative estimate of drug-likeness (QED) is 0.614. The molecule has 0 unspecified atom stereocenters. The molecule has 6 nitrogen and oxygen atoms in total. The van der Waals surface area contributed by atoms with Gasteiger partial charge in [0, 0.05) is 26.7 Å². The Kier molecular flexibility index (Phi) is 6.53. The number of nitrogens with zero attached hydrogens (tertiary/aromatic N) is 2. The maximum Gasteiger partial charge on any atom is 0.193 e. The Morgan fingerprint density at radius 1 is 1.21 bits per heavy atom. The van der Waals surface area contributed by atoms with Crippen LogP contribution in [0, 0.1) is 0 Å². The van der Waals surface area contributed by atoms with Gasteiger partial charge in [-0.15, -0.1) is 0 Å². The summed E-state index contributed by atoms with van der Waals surface area (Å²) in [6.45, 7) is 5.13. The Balaban J connectivity index is 1.54. The van der Waals surface area contributed by atoms with Gasteiger partial charge in [-0.3, -0.25) is 4.99 Å².